The van der Waals surface area contributed by atoms with Crippen LogP contribution in [0.3, 0.4) is 0 Å². The lowest BCUT2D eigenvalue weighted by Gasteiger charge is -2.32. The standard InChI is InChI=1S/C17H24N2O3/c1-12(2)15(17(21)19-8-10-22-11-9-19)18-16(20)14-7-5-4-6-13(14)3/h4-7,12,15H,8-11H2,1-3H3,(H,18,20)/t15-/m0/s1. The molecular formula is C17H24N2O3. The number of carbonyl (C=O) groups excluding carboxylic acids is 2. The third kappa shape index (κ3) is 3.85. The predicted molar refractivity (Wildman–Crippen MR) is 84.7 cm³/mol. The normalized spacial score (nSPS) is 16.5. The number of nitrogens with one attached hydrogen (secondary N) is 1. The number of carbonyl (C=O) groups is 2. The van der Waals surface area contributed by atoms with Crippen LogP contribution in [0.4, 0.5) is 0 Å². The quantitative estimate of drug-likeness (QED) is 0.919. The minimum Gasteiger partial charge on any atom is -0.378 e. The van der Waals surface area contributed by atoms with E-state index in [-0.39, 0.29) is 17.7 Å². The Balaban J connectivity index is 2.10. The van der Waals surface area contributed by atoms with Gasteiger partial charge in [-0.2, -0.15) is 0 Å². The number of ether oxygens (including phenoxy) is 1. The smallest absolute Gasteiger partial charge is 0.252 e. The van der Waals surface area contributed by atoms with E-state index in [1.165, 1.54) is 0 Å². The Hall–Kier alpha value is -1.88. The second-order valence-corrected chi connectivity index (χ2v) is 5.95. The van der Waals surface area contributed by atoms with Gasteiger partial charge >= 0.3 is 0 Å². The van der Waals surface area contributed by atoms with Crippen LogP contribution in [0.1, 0.15) is 29.8 Å². The van der Waals surface area contributed by atoms with Gasteiger partial charge in [0.2, 0.25) is 5.91 Å². The molecule has 0 radical (unpaired) electrons. The maximum absolute atomic E-state index is 12.6. The van der Waals surface area contributed by atoms with Gasteiger partial charge in [0, 0.05) is 18.7 Å². The van der Waals surface area contributed by atoms with Crippen molar-refractivity contribution < 1.29 is 14.3 Å². The molecule has 1 saturated heterocycles. The summed E-state index contributed by atoms with van der Waals surface area (Å²) in [6.07, 6.45) is 0. The summed E-state index contributed by atoms with van der Waals surface area (Å²) in [5, 5.41) is 2.90. The zero-order valence-corrected chi connectivity index (χ0v) is 13.5. The summed E-state index contributed by atoms with van der Waals surface area (Å²) in [4.78, 5) is 26.9. The number of aryl methyl sites for hydroxylation is 1. The maximum Gasteiger partial charge on any atom is 0.252 e. The lowest BCUT2D eigenvalue weighted by atomic mass is 10.0. The molecule has 0 unspecified atom stereocenters. The van der Waals surface area contributed by atoms with Gasteiger partial charge in [0.05, 0.1) is 13.2 Å². The van der Waals surface area contributed by atoms with Crippen molar-refractivity contribution in [3.8, 4) is 0 Å². The fourth-order valence-corrected chi connectivity index (χ4v) is 2.54. The van der Waals surface area contributed by atoms with E-state index in [1.807, 2.05) is 39.0 Å². The number of hydrogen-bond acceptors (Lipinski definition) is 3. The predicted octanol–water partition coefficient (Wildman–Crippen LogP) is 1.61. The number of amides is 2. The Kier molecular flexibility index (Phi) is 5.55. The molecule has 1 aliphatic rings. The Morgan fingerprint density at radius 1 is 1.18 bits per heavy atom. The van der Waals surface area contributed by atoms with Crippen molar-refractivity contribution in [3.05, 3.63) is 35.4 Å². The van der Waals surface area contributed by atoms with Crippen molar-refractivity contribution in [3.63, 3.8) is 0 Å². The van der Waals surface area contributed by atoms with Gasteiger partial charge < -0.3 is 15.0 Å². The molecule has 1 heterocycles. The fraction of sp³-hybridized carbons (Fsp3) is 0.529. The Morgan fingerprint density at radius 2 is 1.82 bits per heavy atom. The van der Waals surface area contributed by atoms with E-state index in [0.717, 1.165) is 5.56 Å². The summed E-state index contributed by atoms with van der Waals surface area (Å²) in [7, 11) is 0. The zero-order chi connectivity index (χ0) is 16.1. The maximum atomic E-state index is 12.6. The Morgan fingerprint density at radius 3 is 2.41 bits per heavy atom. The van der Waals surface area contributed by atoms with Gasteiger partial charge in [-0.3, -0.25) is 9.59 Å². The Labute approximate surface area is 131 Å². The van der Waals surface area contributed by atoms with Crippen LogP contribution in [0.25, 0.3) is 0 Å². The first kappa shape index (κ1) is 16.5. The SMILES string of the molecule is Cc1ccccc1C(=O)N[C@H](C(=O)N1CCOCC1)C(C)C. The molecule has 0 aromatic heterocycles. The van der Waals surface area contributed by atoms with E-state index in [9.17, 15) is 9.59 Å². The van der Waals surface area contributed by atoms with Gasteiger partial charge in [-0.05, 0) is 24.5 Å². The monoisotopic (exact) mass is 304 g/mol. The van der Waals surface area contributed by atoms with Gasteiger partial charge in [0.25, 0.3) is 5.91 Å². The van der Waals surface area contributed by atoms with Gasteiger partial charge in [0.1, 0.15) is 6.04 Å². The van der Waals surface area contributed by atoms with Gasteiger partial charge in [0.15, 0.2) is 0 Å². The summed E-state index contributed by atoms with van der Waals surface area (Å²) in [6, 6.07) is 6.89. The molecule has 0 spiro atoms. The molecule has 2 rings (SSSR count). The number of nitrogens with zero attached hydrogens (tertiary/aromatic N) is 1. The molecule has 1 N–H and O–H groups in total. The van der Waals surface area contributed by atoms with E-state index in [2.05, 4.69) is 5.32 Å². The fourth-order valence-electron chi connectivity index (χ4n) is 2.54. The van der Waals surface area contributed by atoms with E-state index in [1.54, 1.807) is 11.0 Å². The number of benzene rings is 1. The first-order valence-electron chi connectivity index (χ1n) is 7.73. The number of morpholine rings is 1. The van der Waals surface area contributed by atoms with Crippen LogP contribution in [0, 0.1) is 12.8 Å². The van der Waals surface area contributed by atoms with Crippen molar-refractivity contribution in [2.24, 2.45) is 5.92 Å². The zero-order valence-electron chi connectivity index (χ0n) is 13.5. The van der Waals surface area contributed by atoms with Crippen LogP contribution in [-0.4, -0.2) is 49.1 Å². The summed E-state index contributed by atoms with van der Waals surface area (Å²) in [5.74, 6) is -0.193. The third-order valence-corrected chi connectivity index (χ3v) is 3.93. The molecule has 1 aliphatic heterocycles. The highest BCUT2D eigenvalue weighted by atomic mass is 16.5. The molecule has 1 aromatic carbocycles. The summed E-state index contributed by atoms with van der Waals surface area (Å²) in [6.45, 7) is 8.07. The molecule has 1 aromatic rings. The van der Waals surface area contributed by atoms with Crippen molar-refractivity contribution in [1.29, 1.82) is 0 Å². The minimum atomic E-state index is -0.509. The largest absolute Gasteiger partial charge is 0.378 e. The highest BCUT2D eigenvalue weighted by Crippen LogP contribution is 2.12. The molecule has 0 bridgehead atoms. The molecule has 0 saturated carbocycles. The molecule has 0 aliphatic carbocycles. The highest BCUT2D eigenvalue weighted by molar-refractivity contribution is 5.98. The second kappa shape index (κ2) is 7.40. The van der Waals surface area contributed by atoms with Crippen molar-refractivity contribution in [2.45, 2.75) is 26.8 Å². The van der Waals surface area contributed by atoms with Crippen LogP contribution in [-0.2, 0) is 9.53 Å². The summed E-state index contributed by atoms with van der Waals surface area (Å²) < 4.78 is 5.28. The van der Waals surface area contributed by atoms with Crippen LogP contribution in [0.2, 0.25) is 0 Å². The van der Waals surface area contributed by atoms with Crippen LogP contribution in [0.15, 0.2) is 24.3 Å². The van der Waals surface area contributed by atoms with Crippen molar-refractivity contribution >= 4 is 11.8 Å². The molecule has 120 valence electrons. The van der Waals surface area contributed by atoms with Crippen LogP contribution >= 0.6 is 0 Å². The van der Waals surface area contributed by atoms with Gasteiger partial charge in [-0.25, -0.2) is 0 Å². The van der Waals surface area contributed by atoms with E-state index in [4.69, 9.17) is 4.74 Å². The molecule has 5 nitrogen and oxygen atoms in total. The van der Waals surface area contributed by atoms with Crippen molar-refractivity contribution in [1.82, 2.24) is 10.2 Å². The van der Waals surface area contributed by atoms with Crippen LogP contribution in [0.5, 0.6) is 0 Å². The summed E-state index contributed by atoms with van der Waals surface area (Å²) >= 11 is 0. The van der Waals surface area contributed by atoms with Crippen molar-refractivity contribution in [2.75, 3.05) is 26.3 Å². The molecule has 2 amide bonds. The second-order valence-electron chi connectivity index (χ2n) is 5.95. The van der Waals surface area contributed by atoms with Gasteiger partial charge in [-0.15, -0.1) is 0 Å². The number of rotatable bonds is 4. The topological polar surface area (TPSA) is 58.6 Å². The number of hydrogen-bond donors (Lipinski definition) is 1. The lowest BCUT2D eigenvalue weighted by Crippen LogP contribution is -2.53. The minimum absolute atomic E-state index is 0.0276. The molecular weight excluding hydrogens is 280 g/mol. The first-order chi connectivity index (χ1) is 10.5. The average molecular weight is 304 g/mol. The summed E-state index contributed by atoms with van der Waals surface area (Å²) in [5.41, 5.74) is 1.52. The lowest BCUT2D eigenvalue weighted by molar-refractivity contribution is -0.138. The molecule has 5 heteroatoms. The van der Waals surface area contributed by atoms with E-state index >= 15 is 0 Å². The van der Waals surface area contributed by atoms with Crippen LogP contribution < -0.4 is 5.32 Å². The molecule has 1 atom stereocenters. The molecule has 22 heavy (non-hydrogen) atoms. The third-order valence-electron chi connectivity index (χ3n) is 3.93. The van der Waals surface area contributed by atoms with Gasteiger partial charge in [-0.1, -0.05) is 32.0 Å². The Bertz CT molecular complexity index is 536. The van der Waals surface area contributed by atoms with E-state index < -0.39 is 6.04 Å². The average Bonchev–Trinajstić information content (AvgIpc) is 2.52. The highest BCUT2D eigenvalue weighted by Gasteiger charge is 2.30. The molecule has 1 fully saturated rings. The first-order valence-corrected chi connectivity index (χ1v) is 7.73. The van der Waals surface area contributed by atoms with E-state index in [0.29, 0.717) is 31.9 Å².